The number of amides is 1. The highest BCUT2D eigenvalue weighted by molar-refractivity contribution is 5.92. The van der Waals surface area contributed by atoms with Crippen molar-refractivity contribution in [2.45, 2.75) is 57.1 Å². The van der Waals surface area contributed by atoms with E-state index >= 15 is 0 Å². The molecule has 1 amide bonds. The lowest BCUT2D eigenvalue weighted by Crippen LogP contribution is -2.43. The molecule has 3 aromatic rings. The molecule has 8 heteroatoms. The van der Waals surface area contributed by atoms with Gasteiger partial charge in [-0.25, -0.2) is 0 Å². The third-order valence-corrected chi connectivity index (χ3v) is 6.24. The molecule has 0 radical (unpaired) electrons. The van der Waals surface area contributed by atoms with E-state index in [-0.39, 0.29) is 29.7 Å². The minimum Gasteiger partial charge on any atom is -0.422 e. The molecule has 5 rings (SSSR count). The maximum Gasteiger partial charge on any atom is 0.290 e. The van der Waals surface area contributed by atoms with Crippen molar-refractivity contribution >= 4 is 5.91 Å². The van der Waals surface area contributed by atoms with Crippen LogP contribution in [0, 0.1) is 5.92 Å². The maximum absolute atomic E-state index is 12.5. The van der Waals surface area contributed by atoms with Crippen molar-refractivity contribution in [1.29, 1.82) is 0 Å². The normalized spacial score (nSPS) is 21.8. The number of nitrogens with zero attached hydrogens (tertiary/aromatic N) is 3. The van der Waals surface area contributed by atoms with Crippen LogP contribution in [-0.2, 0) is 4.74 Å². The number of carbonyl (C=O) groups excluding carboxylic acids is 1. The van der Waals surface area contributed by atoms with E-state index in [9.17, 15) is 4.79 Å². The molecule has 8 nitrogen and oxygen atoms in total. The number of ether oxygens (including phenoxy) is 1. The minimum atomic E-state index is -0.262. The molecule has 2 aliphatic rings. The number of benzene rings is 1. The third-order valence-electron chi connectivity index (χ3n) is 6.24. The summed E-state index contributed by atoms with van der Waals surface area (Å²) in [6.07, 6.45) is 5.12. The number of carbonyl (C=O) groups is 1. The summed E-state index contributed by atoms with van der Waals surface area (Å²) in [6.45, 7) is 2.70. The lowest BCUT2D eigenvalue weighted by molar-refractivity contribution is 0.00504. The lowest BCUT2D eigenvalue weighted by Gasteiger charge is -2.33. The van der Waals surface area contributed by atoms with Gasteiger partial charge in [-0.3, -0.25) is 4.79 Å². The summed E-state index contributed by atoms with van der Waals surface area (Å²) in [7, 11) is 0. The first-order valence-electron chi connectivity index (χ1n) is 10.9. The molecule has 0 saturated heterocycles. The van der Waals surface area contributed by atoms with Crippen molar-refractivity contribution in [3.8, 4) is 11.3 Å². The van der Waals surface area contributed by atoms with E-state index in [0.29, 0.717) is 23.4 Å². The van der Waals surface area contributed by atoms with Gasteiger partial charge in [0.25, 0.3) is 5.91 Å². The summed E-state index contributed by atoms with van der Waals surface area (Å²) in [6, 6.07) is 11.3. The zero-order chi connectivity index (χ0) is 21.2. The summed E-state index contributed by atoms with van der Waals surface area (Å²) in [4.78, 5) is 12.5. The van der Waals surface area contributed by atoms with Gasteiger partial charge in [0.2, 0.25) is 17.5 Å². The van der Waals surface area contributed by atoms with Crippen molar-refractivity contribution in [1.82, 2.24) is 20.7 Å². The SMILES string of the molecule is CC(OCC1CCC1)c1nnc(C2CC(NC(=O)c3cc(-c4ccccc4)no3)C2)o1. The Hall–Kier alpha value is -3.00. The predicted molar refractivity (Wildman–Crippen MR) is 111 cm³/mol. The Bertz CT molecular complexity index is 1020. The number of nitrogens with one attached hydrogen (secondary N) is 1. The zero-order valence-electron chi connectivity index (χ0n) is 17.5. The van der Waals surface area contributed by atoms with Crippen molar-refractivity contribution in [3.63, 3.8) is 0 Å². The molecule has 0 bridgehead atoms. The van der Waals surface area contributed by atoms with E-state index < -0.39 is 0 Å². The summed E-state index contributed by atoms with van der Waals surface area (Å²) >= 11 is 0. The van der Waals surface area contributed by atoms with Gasteiger partial charge in [-0.05, 0) is 38.5 Å². The molecular weight excluding hydrogens is 396 g/mol. The highest BCUT2D eigenvalue weighted by Gasteiger charge is 2.36. The quantitative estimate of drug-likeness (QED) is 0.578. The Labute approximate surface area is 180 Å². The van der Waals surface area contributed by atoms with Crippen molar-refractivity contribution < 1.29 is 18.5 Å². The van der Waals surface area contributed by atoms with Crippen LogP contribution < -0.4 is 5.32 Å². The molecule has 2 heterocycles. The molecule has 162 valence electrons. The van der Waals surface area contributed by atoms with Gasteiger partial charge in [-0.15, -0.1) is 10.2 Å². The minimum absolute atomic E-state index is 0.0467. The van der Waals surface area contributed by atoms with Crippen LogP contribution in [0.15, 0.2) is 45.3 Å². The molecule has 1 unspecified atom stereocenters. The van der Waals surface area contributed by atoms with Crippen LogP contribution in [0.25, 0.3) is 11.3 Å². The summed E-state index contributed by atoms with van der Waals surface area (Å²) in [5.41, 5.74) is 1.55. The maximum atomic E-state index is 12.5. The van der Waals surface area contributed by atoms with Gasteiger partial charge in [-0.2, -0.15) is 0 Å². The molecule has 2 fully saturated rings. The van der Waals surface area contributed by atoms with Crippen molar-refractivity contribution in [2.75, 3.05) is 6.61 Å². The Kier molecular flexibility index (Phi) is 5.55. The summed E-state index contributed by atoms with van der Waals surface area (Å²) in [5, 5.41) is 15.3. The fraction of sp³-hybridized carbons (Fsp3) is 0.478. The fourth-order valence-electron chi connectivity index (χ4n) is 3.91. The van der Waals surface area contributed by atoms with Gasteiger partial charge < -0.3 is 19.0 Å². The molecule has 0 spiro atoms. The molecule has 1 atom stereocenters. The molecule has 0 aliphatic heterocycles. The van der Waals surface area contributed by atoms with Crippen LogP contribution in [-0.4, -0.2) is 33.9 Å². The Morgan fingerprint density at radius 2 is 2.03 bits per heavy atom. The summed E-state index contributed by atoms with van der Waals surface area (Å²) in [5.74, 6) is 1.92. The largest absolute Gasteiger partial charge is 0.422 e. The first kappa shape index (κ1) is 19.9. The lowest BCUT2D eigenvalue weighted by atomic mass is 9.80. The number of hydrogen-bond donors (Lipinski definition) is 1. The Morgan fingerprint density at radius 3 is 2.77 bits per heavy atom. The number of hydrogen-bond acceptors (Lipinski definition) is 7. The van der Waals surface area contributed by atoms with E-state index in [2.05, 4.69) is 20.7 Å². The first-order valence-corrected chi connectivity index (χ1v) is 10.9. The Morgan fingerprint density at radius 1 is 1.23 bits per heavy atom. The van der Waals surface area contributed by atoms with Crippen LogP contribution >= 0.6 is 0 Å². The predicted octanol–water partition coefficient (Wildman–Crippen LogP) is 4.28. The van der Waals surface area contributed by atoms with E-state index in [1.807, 2.05) is 37.3 Å². The first-order chi connectivity index (χ1) is 15.2. The van der Waals surface area contributed by atoms with E-state index in [1.54, 1.807) is 6.07 Å². The smallest absolute Gasteiger partial charge is 0.290 e. The highest BCUT2D eigenvalue weighted by atomic mass is 16.5. The van der Waals surface area contributed by atoms with Crippen LogP contribution in [0.2, 0.25) is 0 Å². The van der Waals surface area contributed by atoms with Gasteiger partial charge >= 0.3 is 0 Å². The number of aromatic nitrogens is 3. The van der Waals surface area contributed by atoms with Crippen LogP contribution in [0.3, 0.4) is 0 Å². The molecule has 2 aromatic heterocycles. The van der Waals surface area contributed by atoms with Crippen LogP contribution in [0.1, 0.15) is 73.4 Å². The van der Waals surface area contributed by atoms with Gasteiger partial charge in [0, 0.05) is 23.6 Å². The van der Waals surface area contributed by atoms with Gasteiger partial charge in [0.1, 0.15) is 11.8 Å². The highest BCUT2D eigenvalue weighted by Crippen LogP contribution is 2.37. The molecule has 2 saturated carbocycles. The second-order valence-electron chi connectivity index (χ2n) is 8.53. The third kappa shape index (κ3) is 4.39. The van der Waals surface area contributed by atoms with Crippen molar-refractivity contribution in [3.05, 3.63) is 53.9 Å². The monoisotopic (exact) mass is 422 g/mol. The van der Waals surface area contributed by atoms with Gasteiger partial charge in [0.15, 0.2) is 0 Å². The topological polar surface area (TPSA) is 103 Å². The van der Waals surface area contributed by atoms with E-state index in [1.165, 1.54) is 19.3 Å². The van der Waals surface area contributed by atoms with Gasteiger partial charge in [-0.1, -0.05) is 41.9 Å². The molecule has 1 aromatic carbocycles. The molecule has 2 aliphatic carbocycles. The molecule has 1 N–H and O–H groups in total. The van der Waals surface area contributed by atoms with Crippen LogP contribution in [0.5, 0.6) is 0 Å². The Balaban J connectivity index is 1.10. The molecule has 31 heavy (non-hydrogen) atoms. The average molecular weight is 422 g/mol. The summed E-state index contributed by atoms with van der Waals surface area (Å²) < 4.78 is 16.9. The molecular formula is C23H26N4O4. The van der Waals surface area contributed by atoms with Gasteiger partial charge in [0.05, 0.1) is 6.61 Å². The standard InChI is InChI=1S/C23H26N4O4/c1-14(29-13-15-6-5-7-15)22-25-26-23(30-22)17-10-18(11-17)24-21(28)20-12-19(27-31-20)16-8-3-2-4-9-16/h2-4,8-9,12,14-15,17-18H,5-7,10-11,13H2,1H3,(H,24,28). The second kappa shape index (κ2) is 8.63. The fourth-order valence-corrected chi connectivity index (χ4v) is 3.91. The van der Waals surface area contributed by atoms with Crippen LogP contribution in [0.4, 0.5) is 0 Å². The van der Waals surface area contributed by atoms with Crippen molar-refractivity contribution in [2.24, 2.45) is 5.92 Å². The second-order valence-corrected chi connectivity index (χ2v) is 8.53. The van der Waals surface area contributed by atoms with E-state index in [0.717, 1.165) is 25.0 Å². The number of rotatable bonds is 8. The average Bonchev–Trinajstić information content (AvgIpc) is 3.40. The zero-order valence-corrected chi connectivity index (χ0v) is 17.5. The van der Waals surface area contributed by atoms with E-state index in [4.69, 9.17) is 13.7 Å².